The van der Waals surface area contributed by atoms with Gasteiger partial charge >= 0.3 is 0 Å². The highest BCUT2D eigenvalue weighted by molar-refractivity contribution is 7.89. The number of hydrogen-bond acceptors (Lipinski definition) is 3. The second-order valence-corrected chi connectivity index (χ2v) is 11.6. The average Bonchev–Trinajstić information content (AvgIpc) is 2.84. The molecule has 4 rings (SSSR count). The fourth-order valence-electron chi connectivity index (χ4n) is 5.19. The van der Waals surface area contributed by atoms with Crippen molar-refractivity contribution in [1.29, 1.82) is 0 Å². The third-order valence-corrected chi connectivity index (χ3v) is 9.15. The lowest BCUT2D eigenvalue weighted by molar-refractivity contribution is -0.133. The lowest BCUT2D eigenvalue weighted by Gasteiger charge is -2.36. The Kier molecular flexibility index (Phi) is 7.86. The summed E-state index contributed by atoms with van der Waals surface area (Å²) >= 11 is 0. The molecule has 0 spiro atoms. The van der Waals surface area contributed by atoms with Gasteiger partial charge in [0.05, 0.1) is 11.4 Å². The van der Waals surface area contributed by atoms with Crippen molar-refractivity contribution in [2.24, 2.45) is 5.92 Å². The molecular formula is C27H36N2O3S. The lowest BCUT2D eigenvalue weighted by atomic mass is 9.90. The number of benzene rings is 2. The second-order valence-electron chi connectivity index (χ2n) is 9.67. The van der Waals surface area contributed by atoms with E-state index in [9.17, 15) is 13.2 Å². The van der Waals surface area contributed by atoms with Crippen molar-refractivity contribution in [3.8, 4) is 0 Å². The highest BCUT2D eigenvalue weighted by Gasteiger charge is 2.35. The number of piperidine rings is 1. The molecule has 1 amide bonds. The minimum absolute atomic E-state index is 0.0514. The Labute approximate surface area is 198 Å². The zero-order valence-corrected chi connectivity index (χ0v) is 20.5. The van der Waals surface area contributed by atoms with Gasteiger partial charge in [-0.1, -0.05) is 67.3 Å². The first-order chi connectivity index (χ1) is 15.9. The number of carbonyl (C=O) groups excluding carboxylic acids is 1. The molecule has 0 bridgehead atoms. The number of hydrogen-bond donors (Lipinski definition) is 0. The van der Waals surface area contributed by atoms with Crippen molar-refractivity contribution in [2.45, 2.75) is 69.2 Å². The van der Waals surface area contributed by atoms with Crippen LogP contribution in [0.4, 0.5) is 0 Å². The van der Waals surface area contributed by atoms with Gasteiger partial charge in [-0.05, 0) is 62.6 Å². The largest absolute Gasteiger partial charge is 0.342 e. The normalized spacial score (nSPS) is 18.5. The summed E-state index contributed by atoms with van der Waals surface area (Å²) in [5.41, 5.74) is 2.36. The molecule has 0 N–H and O–H groups in total. The standard InChI is InChI=1S/C27H36N2O3S/c1-22-12-14-26(15-13-22)33(31,32)29(25-10-6-3-7-11-25)21-27(30)28-18-16-24(17-19-28)20-23-8-4-2-5-9-23/h2,4-5,8-9,12-15,24-25H,3,6-7,10-11,16-21H2,1H3. The van der Waals surface area contributed by atoms with Gasteiger partial charge in [-0.2, -0.15) is 4.31 Å². The predicted octanol–water partition coefficient (Wildman–Crippen LogP) is 4.80. The van der Waals surface area contributed by atoms with Crippen molar-refractivity contribution < 1.29 is 13.2 Å². The molecule has 2 aliphatic rings. The summed E-state index contributed by atoms with van der Waals surface area (Å²) in [7, 11) is -3.72. The van der Waals surface area contributed by atoms with Gasteiger partial charge in [0.15, 0.2) is 0 Å². The maximum atomic E-state index is 13.6. The Morgan fingerprint density at radius 3 is 2.18 bits per heavy atom. The molecule has 178 valence electrons. The number of likely N-dealkylation sites (tertiary alicyclic amines) is 1. The topological polar surface area (TPSA) is 57.7 Å². The van der Waals surface area contributed by atoms with E-state index in [4.69, 9.17) is 0 Å². The van der Waals surface area contributed by atoms with E-state index in [-0.39, 0.29) is 23.4 Å². The Morgan fingerprint density at radius 2 is 1.55 bits per heavy atom. The molecule has 0 atom stereocenters. The van der Waals surface area contributed by atoms with Crippen LogP contribution in [0.15, 0.2) is 59.5 Å². The van der Waals surface area contributed by atoms with E-state index >= 15 is 0 Å². The Balaban J connectivity index is 1.43. The smallest absolute Gasteiger partial charge is 0.243 e. The molecule has 2 aromatic carbocycles. The molecule has 1 saturated carbocycles. The van der Waals surface area contributed by atoms with Crippen molar-refractivity contribution in [2.75, 3.05) is 19.6 Å². The third-order valence-electron chi connectivity index (χ3n) is 7.24. The lowest BCUT2D eigenvalue weighted by Crippen LogP contribution is -2.49. The van der Waals surface area contributed by atoms with Crippen LogP contribution in [0.2, 0.25) is 0 Å². The minimum Gasteiger partial charge on any atom is -0.342 e. The fourth-order valence-corrected chi connectivity index (χ4v) is 6.83. The van der Waals surface area contributed by atoms with Crippen LogP contribution in [0.25, 0.3) is 0 Å². The van der Waals surface area contributed by atoms with Crippen molar-refractivity contribution >= 4 is 15.9 Å². The highest BCUT2D eigenvalue weighted by Crippen LogP contribution is 2.29. The summed E-state index contributed by atoms with van der Waals surface area (Å²) in [6.45, 7) is 3.31. The monoisotopic (exact) mass is 468 g/mol. The second kappa shape index (κ2) is 10.8. The molecule has 2 aromatic rings. The molecule has 0 radical (unpaired) electrons. The van der Waals surface area contributed by atoms with E-state index in [1.165, 1.54) is 9.87 Å². The SMILES string of the molecule is Cc1ccc(S(=O)(=O)N(CC(=O)N2CCC(Cc3ccccc3)CC2)C2CCCCC2)cc1. The van der Waals surface area contributed by atoms with Gasteiger partial charge in [-0.25, -0.2) is 8.42 Å². The summed E-state index contributed by atoms with van der Waals surface area (Å²) in [5.74, 6) is 0.511. The van der Waals surface area contributed by atoms with Gasteiger partial charge in [-0.15, -0.1) is 0 Å². The molecule has 33 heavy (non-hydrogen) atoms. The van der Waals surface area contributed by atoms with Crippen molar-refractivity contribution in [1.82, 2.24) is 9.21 Å². The Morgan fingerprint density at radius 1 is 0.909 bits per heavy atom. The highest BCUT2D eigenvalue weighted by atomic mass is 32.2. The zero-order valence-electron chi connectivity index (χ0n) is 19.7. The first-order valence-electron chi connectivity index (χ1n) is 12.3. The molecule has 0 aromatic heterocycles. The van der Waals surface area contributed by atoms with Crippen LogP contribution in [0.1, 0.15) is 56.1 Å². The van der Waals surface area contributed by atoms with E-state index in [2.05, 4.69) is 24.3 Å². The summed E-state index contributed by atoms with van der Waals surface area (Å²) in [6.07, 6.45) is 7.81. The maximum Gasteiger partial charge on any atom is 0.243 e. The molecule has 1 aliphatic heterocycles. The van der Waals surface area contributed by atoms with Gasteiger partial charge in [0, 0.05) is 19.1 Å². The number of sulfonamides is 1. The Hall–Kier alpha value is -2.18. The summed E-state index contributed by atoms with van der Waals surface area (Å²) in [4.78, 5) is 15.4. The molecule has 5 nitrogen and oxygen atoms in total. The summed E-state index contributed by atoms with van der Waals surface area (Å²) in [5, 5.41) is 0. The van der Waals surface area contributed by atoms with Crippen LogP contribution in [-0.2, 0) is 21.2 Å². The molecule has 1 aliphatic carbocycles. The van der Waals surface area contributed by atoms with Gasteiger partial charge in [0.25, 0.3) is 0 Å². The first-order valence-corrected chi connectivity index (χ1v) is 13.8. The number of aryl methyl sites for hydroxylation is 1. The van der Waals surface area contributed by atoms with E-state index in [0.29, 0.717) is 19.0 Å². The van der Waals surface area contributed by atoms with Crippen LogP contribution >= 0.6 is 0 Å². The number of amides is 1. The Bertz CT molecular complexity index is 1010. The van der Waals surface area contributed by atoms with E-state index in [1.54, 1.807) is 12.1 Å². The average molecular weight is 469 g/mol. The van der Waals surface area contributed by atoms with Gasteiger partial charge in [0.1, 0.15) is 0 Å². The molecule has 2 fully saturated rings. The van der Waals surface area contributed by atoms with Gasteiger partial charge < -0.3 is 4.90 Å². The van der Waals surface area contributed by atoms with Crippen LogP contribution in [0.3, 0.4) is 0 Å². The van der Waals surface area contributed by atoms with Crippen LogP contribution in [0, 0.1) is 12.8 Å². The zero-order chi connectivity index (χ0) is 23.3. The molecule has 0 unspecified atom stereocenters. The van der Waals surface area contributed by atoms with Crippen LogP contribution in [0.5, 0.6) is 0 Å². The van der Waals surface area contributed by atoms with Crippen molar-refractivity contribution in [3.63, 3.8) is 0 Å². The van der Waals surface area contributed by atoms with Crippen LogP contribution < -0.4 is 0 Å². The maximum absolute atomic E-state index is 13.6. The molecule has 1 saturated heterocycles. The molecule has 6 heteroatoms. The quantitative estimate of drug-likeness (QED) is 0.587. The van der Waals surface area contributed by atoms with Crippen molar-refractivity contribution in [3.05, 3.63) is 65.7 Å². The minimum atomic E-state index is -3.72. The fraction of sp³-hybridized carbons (Fsp3) is 0.519. The molecule has 1 heterocycles. The molecular weight excluding hydrogens is 432 g/mol. The first kappa shape index (κ1) is 24.0. The van der Waals surface area contributed by atoms with E-state index < -0.39 is 10.0 Å². The van der Waals surface area contributed by atoms with E-state index in [0.717, 1.165) is 56.9 Å². The predicted molar refractivity (Wildman–Crippen MR) is 131 cm³/mol. The third kappa shape index (κ3) is 6.04. The number of carbonyl (C=O) groups is 1. The number of rotatable bonds is 7. The number of nitrogens with zero attached hydrogens (tertiary/aromatic N) is 2. The van der Waals surface area contributed by atoms with Crippen LogP contribution in [-0.4, -0.2) is 49.2 Å². The van der Waals surface area contributed by atoms with Gasteiger partial charge in [0.2, 0.25) is 15.9 Å². The van der Waals surface area contributed by atoms with E-state index in [1.807, 2.05) is 30.0 Å². The summed E-state index contributed by atoms with van der Waals surface area (Å²) < 4.78 is 28.7. The van der Waals surface area contributed by atoms with Gasteiger partial charge in [-0.3, -0.25) is 4.79 Å². The summed E-state index contributed by atoms with van der Waals surface area (Å²) in [6, 6.07) is 17.4.